The van der Waals surface area contributed by atoms with Gasteiger partial charge in [0.25, 0.3) is 10.2 Å². The molecule has 3 rings (SSSR count). The molecule has 1 aromatic heterocycles. The Labute approximate surface area is 132 Å². The van der Waals surface area contributed by atoms with Gasteiger partial charge in [0.05, 0.1) is 6.61 Å². The van der Waals surface area contributed by atoms with Gasteiger partial charge in [-0.15, -0.1) is 0 Å². The minimum absolute atomic E-state index is 0.0688. The SMILES string of the molecule is CN(C)S(=O)(=O)N1C[C@H]2CCC[C@@]2(COc2ccccn2)C1. The maximum atomic E-state index is 12.4. The third-order valence-electron chi connectivity index (χ3n) is 4.94. The van der Waals surface area contributed by atoms with Crippen molar-refractivity contribution in [3.8, 4) is 5.88 Å². The zero-order valence-corrected chi connectivity index (χ0v) is 13.9. The molecular weight excluding hydrogens is 302 g/mol. The number of hydrogen-bond acceptors (Lipinski definition) is 4. The van der Waals surface area contributed by atoms with Crippen LogP contribution in [0.1, 0.15) is 19.3 Å². The van der Waals surface area contributed by atoms with Crippen LogP contribution in [0, 0.1) is 11.3 Å². The highest BCUT2D eigenvalue weighted by atomic mass is 32.2. The van der Waals surface area contributed by atoms with Crippen molar-refractivity contribution >= 4 is 10.2 Å². The van der Waals surface area contributed by atoms with Gasteiger partial charge in [-0.05, 0) is 24.8 Å². The highest BCUT2D eigenvalue weighted by Crippen LogP contribution is 2.49. The van der Waals surface area contributed by atoms with E-state index in [2.05, 4.69) is 4.98 Å². The lowest BCUT2D eigenvalue weighted by atomic mass is 9.82. The fourth-order valence-corrected chi connectivity index (χ4v) is 4.91. The molecule has 2 heterocycles. The van der Waals surface area contributed by atoms with E-state index in [-0.39, 0.29) is 5.41 Å². The Morgan fingerprint density at radius 3 is 2.95 bits per heavy atom. The Morgan fingerprint density at radius 1 is 1.45 bits per heavy atom. The van der Waals surface area contributed by atoms with Crippen molar-refractivity contribution < 1.29 is 13.2 Å². The zero-order valence-electron chi connectivity index (χ0n) is 13.1. The van der Waals surface area contributed by atoms with Crippen molar-refractivity contribution in [1.29, 1.82) is 0 Å². The van der Waals surface area contributed by atoms with Gasteiger partial charge in [0, 0.05) is 44.9 Å². The van der Waals surface area contributed by atoms with Crippen LogP contribution in [0.2, 0.25) is 0 Å². The van der Waals surface area contributed by atoms with E-state index >= 15 is 0 Å². The van der Waals surface area contributed by atoms with E-state index < -0.39 is 10.2 Å². The number of hydrogen-bond donors (Lipinski definition) is 0. The van der Waals surface area contributed by atoms with Crippen molar-refractivity contribution in [2.75, 3.05) is 33.8 Å². The minimum atomic E-state index is -3.34. The van der Waals surface area contributed by atoms with Crippen molar-refractivity contribution in [1.82, 2.24) is 13.6 Å². The summed E-state index contributed by atoms with van der Waals surface area (Å²) in [5.74, 6) is 0.988. The van der Waals surface area contributed by atoms with E-state index in [4.69, 9.17) is 4.74 Å². The fourth-order valence-electron chi connectivity index (χ4n) is 3.66. The summed E-state index contributed by atoms with van der Waals surface area (Å²) in [6.07, 6.45) is 4.94. The number of ether oxygens (including phenoxy) is 1. The monoisotopic (exact) mass is 325 g/mol. The van der Waals surface area contributed by atoms with Gasteiger partial charge < -0.3 is 4.74 Å². The molecule has 2 atom stereocenters. The summed E-state index contributed by atoms with van der Waals surface area (Å²) < 4.78 is 33.5. The van der Waals surface area contributed by atoms with Crippen LogP contribution < -0.4 is 4.74 Å². The van der Waals surface area contributed by atoms with Crippen molar-refractivity contribution in [2.24, 2.45) is 11.3 Å². The van der Waals surface area contributed by atoms with Gasteiger partial charge >= 0.3 is 0 Å². The Morgan fingerprint density at radius 2 is 2.27 bits per heavy atom. The van der Waals surface area contributed by atoms with E-state index in [0.29, 0.717) is 31.5 Å². The van der Waals surface area contributed by atoms with Crippen LogP contribution in [0.4, 0.5) is 0 Å². The summed E-state index contributed by atoms with van der Waals surface area (Å²) in [5, 5.41) is 0. The van der Waals surface area contributed by atoms with E-state index in [1.54, 1.807) is 24.6 Å². The second kappa shape index (κ2) is 5.79. The molecule has 1 aliphatic carbocycles. The van der Waals surface area contributed by atoms with Gasteiger partial charge in [-0.1, -0.05) is 12.5 Å². The summed E-state index contributed by atoms with van der Waals surface area (Å²) in [7, 11) is -0.177. The molecule has 22 heavy (non-hydrogen) atoms. The fraction of sp³-hybridized carbons (Fsp3) is 0.667. The molecule has 1 saturated carbocycles. The number of rotatable bonds is 5. The Bertz CT molecular complexity index is 620. The number of pyridine rings is 1. The standard InChI is InChI=1S/C15H23N3O3S/c1-17(2)22(19,20)18-10-13-6-5-8-15(13,11-18)12-21-14-7-3-4-9-16-14/h3-4,7,9,13H,5-6,8,10-12H2,1-2H3/t13-,15+/m1/s1. The first-order valence-electron chi connectivity index (χ1n) is 7.65. The molecule has 1 saturated heterocycles. The van der Waals surface area contributed by atoms with Crippen LogP contribution in [-0.4, -0.2) is 55.8 Å². The predicted molar refractivity (Wildman–Crippen MR) is 83.7 cm³/mol. The van der Waals surface area contributed by atoms with Gasteiger partial charge in [0.2, 0.25) is 5.88 Å². The first-order valence-corrected chi connectivity index (χ1v) is 9.05. The molecule has 7 heteroatoms. The maximum absolute atomic E-state index is 12.4. The van der Waals surface area contributed by atoms with Crippen molar-refractivity contribution in [3.05, 3.63) is 24.4 Å². The topological polar surface area (TPSA) is 62.7 Å². The summed E-state index contributed by atoms with van der Waals surface area (Å²) in [6, 6.07) is 5.58. The van der Waals surface area contributed by atoms with E-state index in [1.165, 1.54) is 4.31 Å². The normalized spacial score (nSPS) is 29.0. The quantitative estimate of drug-likeness (QED) is 0.820. The number of aromatic nitrogens is 1. The molecule has 2 aliphatic rings. The molecule has 0 N–H and O–H groups in total. The van der Waals surface area contributed by atoms with Crippen molar-refractivity contribution in [3.63, 3.8) is 0 Å². The van der Waals surface area contributed by atoms with Gasteiger partial charge in [-0.3, -0.25) is 0 Å². The molecule has 0 bridgehead atoms. The number of fused-ring (bicyclic) bond motifs is 1. The Balaban J connectivity index is 1.74. The average molecular weight is 325 g/mol. The first-order chi connectivity index (χ1) is 10.4. The molecule has 122 valence electrons. The van der Waals surface area contributed by atoms with E-state index in [0.717, 1.165) is 19.3 Å². The van der Waals surface area contributed by atoms with E-state index in [1.807, 2.05) is 18.2 Å². The highest BCUT2D eigenvalue weighted by Gasteiger charge is 2.53. The molecule has 1 aromatic rings. The van der Waals surface area contributed by atoms with Crippen LogP contribution in [0.5, 0.6) is 5.88 Å². The zero-order chi connectivity index (χ0) is 15.8. The van der Waals surface area contributed by atoms with Crippen LogP contribution in [0.25, 0.3) is 0 Å². The lowest BCUT2D eigenvalue weighted by molar-refractivity contribution is 0.130. The molecule has 0 amide bonds. The van der Waals surface area contributed by atoms with Crippen LogP contribution >= 0.6 is 0 Å². The minimum Gasteiger partial charge on any atom is -0.477 e. The summed E-state index contributed by atoms with van der Waals surface area (Å²) in [5.41, 5.74) is -0.0688. The predicted octanol–water partition coefficient (Wildman–Crippen LogP) is 1.37. The molecular formula is C15H23N3O3S. The van der Waals surface area contributed by atoms with E-state index in [9.17, 15) is 8.42 Å². The molecule has 0 unspecified atom stereocenters. The van der Waals surface area contributed by atoms with Gasteiger partial charge in [-0.2, -0.15) is 17.0 Å². The maximum Gasteiger partial charge on any atom is 0.281 e. The summed E-state index contributed by atoms with van der Waals surface area (Å²) >= 11 is 0. The third-order valence-corrected chi connectivity index (χ3v) is 6.80. The van der Waals surface area contributed by atoms with Crippen molar-refractivity contribution in [2.45, 2.75) is 19.3 Å². The second-order valence-corrected chi connectivity index (χ2v) is 8.63. The lowest BCUT2D eigenvalue weighted by Crippen LogP contribution is -2.41. The summed E-state index contributed by atoms with van der Waals surface area (Å²) in [4.78, 5) is 4.18. The molecule has 1 aliphatic heterocycles. The smallest absolute Gasteiger partial charge is 0.281 e. The lowest BCUT2D eigenvalue weighted by Gasteiger charge is -2.29. The van der Waals surface area contributed by atoms with Gasteiger partial charge in [0.1, 0.15) is 0 Å². The highest BCUT2D eigenvalue weighted by molar-refractivity contribution is 7.86. The Hall–Kier alpha value is -1.18. The molecule has 0 radical (unpaired) electrons. The van der Waals surface area contributed by atoms with Crippen LogP contribution in [-0.2, 0) is 10.2 Å². The van der Waals surface area contributed by atoms with Crippen LogP contribution in [0.3, 0.4) is 0 Å². The molecule has 6 nitrogen and oxygen atoms in total. The van der Waals surface area contributed by atoms with Crippen LogP contribution in [0.15, 0.2) is 24.4 Å². The number of nitrogens with zero attached hydrogens (tertiary/aromatic N) is 3. The van der Waals surface area contributed by atoms with Gasteiger partial charge in [0.15, 0.2) is 0 Å². The molecule has 2 fully saturated rings. The van der Waals surface area contributed by atoms with Gasteiger partial charge in [-0.25, -0.2) is 4.98 Å². The largest absolute Gasteiger partial charge is 0.477 e. The first kappa shape index (κ1) is 15.7. The average Bonchev–Trinajstić information content (AvgIpc) is 3.03. The second-order valence-electron chi connectivity index (χ2n) is 6.49. The summed E-state index contributed by atoms with van der Waals surface area (Å²) in [6.45, 7) is 1.69. The third kappa shape index (κ3) is 2.73. The molecule has 0 spiro atoms. The Kier molecular flexibility index (Phi) is 4.13. The molecule has 0 aromatic carbocycles.